The van der Waals surface area contributed by atoms with E-state index in [4.69, 9.17) is 10.5 Å². The van der Waals surface area contributed by atoms with Gasteiger partial charge in [-0.3, -0.25) is 4.90 Å². The Balaban J connectivity index is 1.41. The molecule has 1 aromatic rings. The van der Waals surface area contributed by atoms with Crippen LogP contribution in [0.2, 0.25) is 0 Å². The van der Waals surface area contributed by atoms with Gasteiger partial charge in [-0.25, -0.2) is 0 Å². The van der Waals surface area contributed by atoms with Crippen molar-refractivity contribution >= 4 is 0 Å². The van der Waals surface area contributed by atoms with Crippen LogP contribution in [-0.2, 0) is 11.3 Å². The molecule has 0 saturated carbocycles. The Morgan fingerprint density at radius 3 is 2.52 bits per heavy atom. The van der Waals surface area contributed by atoms with E-state index < -0.39 is 6.10 Å². The summed E-state index contributed by atoms with van der Waals surface area (Å²) >= 11 is 0. The number of benzene rings is 1. The summed E-state index contributed by atoms with van der Waals surface area (Å²) < 4.78 is 5.63. The fourth-order valence-corrected chi connectivity index (χ4v) is 3.80. The van der Waals surface area contributed by atoms with Crippen LogP contribution < -0.4 is 5.73 Å². The molecule has 0 radical (unpaired) electrons. The second kappa shape index (κ2) is 6.88. The van der Waals surface area contributed by atoms with Crippen molar-refractivity contribution in [3.63, 3.8) is 0 Å². The quantitative estimate of drug-likeness (QED) is 0.834. The smallest absolute Gasteiger partial charge is 0.0900 e. The van der Waals surface area contributed by atoms with Crippen molar-refractivity contribution in [1.82, 2.24) is 4.90 Å². The lowest BCUT2D eigenvalue weighted by Gasteiger charge is -2.38. The van der Waals surface area contributed by atoms with E-state index in [9.17, 15) is 5.11 Å². The first-order valence-electron chi connectivity index (χ1n) is 8.03. The maximum absolute atomic E-state index is 10.2. The van der Waals surface area contributed by atoms with E-state index in [1.807, 2.05) is 30.3 Å². The molecule has 2 aliphatic rings. The van der Waals surface area contributed by atoms with Crippen LogP contribution in [0.3, 0.4) is 0 Å². The first-order chi connectivity index (χ1) is 10.2. The van der Waals surface area contributed by atoms with Crippen molar-refractivity contribution in [3.05, 3.63) is 35.9 Å². The average molecular weight is 290 g/mol. The lowest BCUT2D eigenvalue weighted by Crippen LogP contribution is -2.50. The number of hydrogen-bond donors (Lipinski definition) is 2. The molecule has 0 aromatic heterocycles. The van der Waals surface area contributed by atoms with Gasteiger partial charge in [0.2, 0.25) is 0 Å². The second-order valence-corrected chi connectivity index (χ2v) is 6.47. The Bertz CT molecular complexity index is 426. The monoisotopic (exact) mass is 290 g/mol. The fraction of sp³-hybridized carbons (Fsp3) is 0.647. The van der Waals surface area contributed by atoms with Gasteiger partial charge in [0.15, 0.2) is 0 Å². The number of aliphatic hydroxyl groups excluding tert-OH is 1. The minimum absolute atomic E-state index is 0.352. The van der Waals surface area contributed by atoms with Gasteiger partial charge in [0.05, 0.1) is 19.3 Å². The highest BCUT2D eigenvalue weighted by molar-refractivity contribution is 5.13. The minimum Gasteiger partial charge on any atom is -0.389 e. The summed E-state index contributed by atoms with van der Waals surface area (Å²) in [6.45, 7) is 1.68. The molecular weight excluding hydrogens is 264 g/mol. The van der Waals surface area contributed by atoms with Gasteiger partial charge in [-0.1, -0.05) is 30.3 Å². The third-order valence-corrected chi connectivity index (χ3v) is 4.76. The first-order valence-corrected chi connectivity index (χ1v) is 8.03. The standard InChI is InChI=1S/C17H26N2O2/c18-14-8-15-6-7-16(9-14)19(15)10-17(20)12-21-11-13-4-2-1-3-5-13/h1-5,14-17,20H,6-12,18H2. The predicted molar refractivity (Wildman–Crippen MR) is 82.8 cm³/mol. The van der Waals surface area contributed by atoms with Crippen molar-refractivity contribution in [2.75, 3.05) is 13.2 Å². The van der Waals surface area contributed by atoms with E-state index in [0.717, 1.165) is 24.9 Å². The molecule has 4 heteroatoms. The van der Waals surface area contributed by atoms with Crippen LogP contribution in [0.15, 0.2) is 30.3 Å². The number of nitrogens with zero attached hydrogens (tertiary/aromatic N) is 1. The molecule has 3 unspecified atom stereocenters. The van der Waals surface area contributed by atoms with Crippen LogP contribution in [0.5, 0.6) is 0 Å². The van der Waals surface area contributed by atoms with Gasteiger partial charge in [-0.05, 0) is 31.2 Å². The Hall–Kier alpha value is -0.940. The molecule has 0 amide bonds. The zero-order chi connectivity index (χ0) is 14.7. The van der Waals surface area contributed by atoms with Gasteiger partial charge in [0.1, 0.15) is 0 Å². The largest absolute Gasteiger partial charge is 0.389 e. The summed E-state index contributed by atoms with van der Waals surface area (Å²) in [5.41, 5.74) is 7.23. The van der Waals surface area contributed by atoms with Gasteiger partial charge in [0, 0.05) is 24.7 Å². The highest BCUT2D eigenvalue weighted by Crippen LogP contribution is 2.34. The lowest BCUT2D eigenvalue weighted by molar-refractivity contribution is -0.00712. The number of rotatable bonds is 6. The number of ether oxygens (including phenoxy) is 1. The summed E-state index contributed by atoms with van der Waals surface area (Å²) in [7, 11) is 0. The van der Waals surface area contributed by atoms with Crippen molar-refractivity contribution in [2.24, 2.45) is 5.73 Å². The van der Waals surface area contributed by atoms with E-state index in [-0.39, 0.29) is 0 Å². The van der Waals surface area contributed by atoms with Crippen LogP contribution in [0.25, 0.3) is 0 Å². The molecular formula is C17H26N2O2. The number of nitrogens with two attached hydrogens (primary N) is 1. The Morgan fingerprint density at radius 2 is 1.86 bits per heavy atom. The van der Waals surface area contributed by atoms with E-state index >= 15 is 0 Å². The van der Waals surface area contributed by atoms with Gasteiger partial charge >= 0.3 is 0 Å². The lowest BCUT2D eigenvalue weighted by atomic mass is 9.98. The summed E-state index contributed by atoms with van der Waals surface area (Å²) in [5.74, 6) is 0. The molecule has 2 aliphatic heterocycles. The highest BCUT2D eigenvalue weighted by Gasteiger charge is 2.39. The average Bonchev–Trinajstić information content (AvgIpc) is 2.71. The Morgan fingerprint density at radius 1 is 1.19 bits per heavy atom. The molecule has 4 nitrogen and oxygen atoms in total. The molecule has 21 heavy (non-hydrogen) atoms. The molecule has 116 valence electrons. The third kappa shape index (κ3) is 3.83. The number of fused-ring (bicyclic) bond motifs is 2. The number of aliphatic hydroxyl groups is 1. The zero-order valence-electron chi connectivity index (χ0n) is 12.5. The molecule has 2 bridgehead atoms. The molecule has 0 aliphatic carbocycles. The van der Waals surface area contributed by atoms with Gasteiger partial charge in [-0.2, -0.15) is 0 Å². The maximum Gasteiger partial charge on any atom is 0.0900 e. The summed E-state index contributed by atoms with van der Waals surface area (Å²) in [6, 6.07) is 11.6. The van der Waals surface area contributed by atoms with Gasteiger partial charge in [-0.15, -0.1) is 0 Å². The SMILES string of the molecule is NC1CC2CCC(C1)N2CC(O)COCc1ccccc1. The summed E-state index contributed by atoms with van der Waals surface area (Å²) in [6.07, 6.45) is 4.21. The van der Waals surface area contributed by atoms with Crippen LogP contribution >= 0.6 is 0 Å². The van der Waals surface area contributed by atoms with Crippen molar-refractivity contribution < 1.29 is 9.84 Å². The molecule has 2 heterocycles. The molecule has 2 saturated heterocycles. The van der Waals surface area contributed by atoms with Crippen molar-refractivity contribution in [2.45, 2.75) is 56.5 Å². The van der Waals surface area contributed by atoms with E-state index in [1.165, 1.54) is 12.8 Å². The fourth-order valence-electron chi connectivity index (χ4n) is 3.80. The van der Waals surface area contributed by atoms with Crippen LogP contribution in [-0.4, -0.2) is 47.4 Å². The molecule has 2 fully saturated rings. The van der Waals surface area contributed by atoms with Crippen LogP contribution in [0.4, 0.5) is 0 Å². The van der Waals surface area contributed by atoms with Gasteiger partial charge < -0.3 is 15.6 Å². The normalized spacial score (nSPS) is 30.5. The number of hydrogen-bond acceptors (Lipinski definition) is 4. The van der Waals surface area contributed by atoms with Crippen LogP contribution in [0.1, 0.15) is 31.2 Å². The molecule has 3 N–H and O–H groups in total. The van der Waals surface area contributed by atoms with Crippen LogP contribution in [0, 0.1) is 0 Å². The Kier molecular flexibility index (Phi) is 4.91. The topological polar surface area (TPSA) is 58.7 Å². The van der Waals surface area contributed by atoms with Gasteiger partial charge in [0.25, 0.3) is 0 Å². The van der Waals surface area contributed by atoms with Crippen molar-refractivity contribution in [3.8, 4) is 0 Å². The van der Waals surface area contributed by atoms with E-state index in [1.54, 1.807) is 0 Å². The van der Waals surface area contributed by atoms with Crippen molar-refractivity contribution in [1.29, 1.82) is 0 Å². The number of piperidine rings is 1. The molecule has 1 aromatic carbocycles. The summed E-state index contributed by atoms with van der Waals surface area (Å²) in [5, 5.41) is 10.2. The minimum atomic E-state index is -0.411. The predicted octanol–water partition coefficient (Wildman–Crippen LogP) is 1.52. The summed E-state index contributed by atoms with van der Waals surface area (Å²) in [4.78, 5) is 2.46. The first kappa shape index (κ1) is 15.0. The Labute approximate surface area is 126 Å². The molecule has 0 spiro atoms. The zero-order valence-corrected chi connectivity index (χ0v) is 12.5. The van der Waals surface area contributed by atoms with E-state index in [2.05, 4.69) is 4.90 Å². The second-order valence-electron chi connectivity index (χ2n) is 6.47. The molecule has 3 rings (SSSR count). The maximum atomic E-state index is 10.2. The molecule has 3 atom stereocenters. The highest BCUT2D eigenvalue weighted by atomic mass is 16.5. The third-order valence-electron chi connectivity index (χ3n) is 4.76. The van der Waals surface area contributed by atoms with E-state index in [0.29, 0.717) is 31.3 Å².